The SMILES string of the molecule is c1ccc(-c2ccc3c(c2)B2c4cc(-c5ccccc5)ccc4N(c4ccc([Si](c5ccccc5)(c5ccccc5)c5ccccc5)cc4)c4cc(-n5c6ccccc6c6ccccc65)cc(c42)N3c2ccc([Si](c3ccccc3)(c3ccccc3)c3ccccc3)cc2)cc1. The van der Waals surface area contributed by atoms with E-state index < -0.39 is 16.1 Å². The minimum absolute atomic E-state index is 0.172. The second kappa shape index (κ2) is 23.6. The van der Waals surface area contributed by atoms with Gasteiger partial charge >= 0.3 is 0 Å². The number of fused-ring (bicyclic) bond motifs is 7. The lowest BCUT2D eigenvalue weighted by molar-refractivity contribution is 1.16. The summed E-state index contributed by atoms with van der Waals surface area (Å²) in [4.78, 5) is 5.20. The Morgan fingerprint density at radius 1 is 0.208 bits per heavy atom. The highest BCUT2D eigenvalue weighted by atomic mass is 28.3. The molecule has 15 aromatic carbocycles. The molecule has 0 saturated heterocycles. The van der Waals surface area contributed by atoms with Crippen molar-refractivity contribution >= 4 is 137 Å². The van der Waals surface area contributed by atoms with E-state index in [0.717, 1.165) is 50.8 Å². The second-order valence-electron chi connectivity index (χ2n) is 25.4. The van der Waals surface area contributed by atoms with Crippen molar-refractivity contribution in [2.75, 3.05) is 9.80 Å². The van der Waals surface area contributed by atoms with Crippen LogP contribution in [0.2, 0.25) is 0 Å². The van der Waals surface area contributed by atoms with Gasteiger partial charge in [0.05, 0.1) is 16.7 Å². The normalized spacial score (nSPS) is 12.5. The average Bonchev–Trinajstić information content (AvgIpc) is 0.790. The highest BCUT2D eigenvalue weighted by Gasteiger charge is 2.47. The van der Waals surface area contributed by atoms with Crippen LogP contribution in [0.15, 0.2) is 388 Å². The number of hydrogen-bond donors (Lipinski definition) is 0. The van der Waals surface area contributed by atoms with Crippen LogP contribution in [0, 0.1) is 0 Å². The number of aromatic nitrogens is 1. The molecule has 18 rings (SSSR count). The molecule has 0 amide bonds. The summed E-state index contributed by atoms with van der Waals surface area (Å²) in [6, 6.07) is 146. The molecule has 0 spiro atoms. The van der Waals surface area contributed by atoms with Crippen molar-refractivity contribution in [2.24, 2.45) is 0 Å². The minimum Gasteiger partial charge on any atom is -0.311 e. The second-order valence-corrected chi connectivity index (χ2v) is 33.1. The first-order chi connectivity index (χ1) is 47.6. The maximum absolute atomic E-state index is 2.89. The molecule has 0 atom stereocenters. The molecular formula is C90H64BN3Si2. The Kier molecular flexibility index (Phi) is 14.0. The number of rotatable bonds is 13. The van der Waals surface area contributed by atoms with Gasteiger partial charge in [0, 0.05) is 44.9 Å². The van der Waals surface area contributed by atoms with Crippen molar-refractivity contribution in [1.29, 1.82) is 0 Å². The maximum Gasteiger partial charge on any atom is 0.252 e. The van der Waals surface area contributed by atoms with E-state index >= 15 is 0 Å². The third kappa shape index (κ3) is 9.09. The maximum atomic E-state index is 2.60. The Labute approximate surface area is 563 Å². The summed E-state index contributed by atoms with van der Waals surface area (Å²) in [5, 5.41) is 13.2. The molecule has 96 heavy (non-hydrogen) atoms. The van der Waals surface area contributed by atoms with Crippen molar-refractivity contribution in [2.45, 2.75) is 0 Å². The smallest absolute Gasteiger partial charge is 0.252 e. The van der Waals surface area contributed by atoms with Crippen molar-refractivity contribution in [3.63, 3.8) is 0 Å². The molecule has 0 aliphatic carbocycles. The molecule has 0 radical (unpaired) electrons. The monoisotopic (exact) mass is 1250 g/mol. The van der Waals surface area contributed by atoms with Crippen LogP contribution in [-0.4, -0.2) is 27.4 Å². The Morgan fingerprint density at radius 3 is 0.812 bits per heavy atom. The molecule has 0 unspecified atom stereocenters. The third-order valence-electron chi connectivity index (χ3n) is 20.5. The summed E-state index contributed by atoms with van der Waals surface area (Å²) in [5.41, 5.74) is 18.7. The van der Waals surface area contributed by atoms with E-state index in [2.05, 4.69) is 403 Å². The highest BCUT2D eigenvalue weighted by Crippen LogP contribution is 2.47. The summed E-state index contributed by atoms with van der Waals surface area (Å²) in [6.45, 7) is -0.172. The lowest BCUT2D eigenvalue weighted by Gasteiger charge is -2.45. The fourth-order valence-corrected chi connectivity index (χ4v) is 25.8. The zero-order chi connectivity index (χ0) is 63.6. The zero-order valence-electron chi connectivity index (χ0n) is 52.9. The number of anilines is 6. The van der Waals surface area contributed by atoms with Crippen LogP contribution in [-0.2, 0) is 0 Å². The van der Waals surface area contributed by atoms with Gasteiger partial charge in [-0.1, -0.05) is 328 Å². The number of benzene rings is 15. The third-order valence-corrected chi connectivity index (χ3v) is 30.1. The predicted octanol–water partition coefficient (Wildman–Crippen LogP) is 15.0. The van der Waals surface area contributed by atoms with Gasteiger partial charge in [-0.05, 0) is 141 Å². The standard InChI is InChI=1S/C90H64BN3Si2/c1-9-29-65(30-10-1)67-49-59-86-82(61-67)91-83-62-68(66-31-11-2-12-32-66)50-60-87(83)93(70-53-57-79(58-54-70)96(75-39-19-6-20-40-75,76-41-21-7-22-42-76)77-43-23-8-24-44-77)89-64-71(94-84-47-27-25-45-80(84)81-46-26-28-48-85(81)94)63-88(90(89)91)92(86)69-51-55-78(56-52-69)95(72-33-13-3-14-34-72,73-35-15-4-16-36-73)74-37-17-5-18-38-74/h1-64H. The van der Waals surface area contributed by atoms with Gasteiger partial charge in [-0.2, -0.15) is 0 Å². The van der Waals surface area contributed by atoms with Crippen molar-refractivity contribution in [3.8, 4) is 27.9 Å². The Balaban J connectivity index is 0.930. The van der Waals surface area contributed by atoms with Crippen molar-refractivity contribution < 1.29 is 0 Å². The van der Waals surface area contributed by atoms with E-state index in [4.69, 9.17) is 0 Å². The summed E-state index contributed by atoms with van der Waals surface area (Å²) in [6.07, 6.45) is 0. The predicted molar refractivity (Wildman–Crippen MR) is 413 cm³/mol. The van der Waals surface area contributed by atoms with Gasteiger partial charge in [0.25, 0.3) is 6.71 Å². The summed E-state index contributed by atoms with van der Waals surface area (Å²) in [5.74, 6) is 0. The fraction of sp³-hybridized carbons (Fsp3) is 0. The lowest BCUT2D eigenvalue weighted by atomic mass is 9.33. The van der Waals surface area contributed by atoms with Gasteiger partial charge in [-0.15, -0.1) is 0 Å². The van der Waals surface area contributed by atoms with E-state index in [1.165, 1.54) is 90.9 Å². The van der Waals surface area contributed by atoms with Crippen LogP contribution in [0.1, 0.15) is 0 Å². The van der Waals surface area contributed by atoms with Crippen LogP contribution >= 0.6 is 0 Å². The molecular weight excluding hydrogens is 1190 g/mol. The van der Waals surface area contributed by atoms with Gasteiger partial charge in [0.15, 0.2) is 16.1 Å². The van der Waals surface area contributed by atoms with E-state index in [1.54, 1.807) is 0 Å². The Morgan fingerprint density at radius 2 is 0.490 bits per heavy atom. The molecule has 6 heteroatoms. The van der Waals surface area contributed by atoms with Crippen LogP contribution in [0.3, 0.4) is 0 Å². The molecule has 0 fully saturated rings. The molecule has 2 aliphatic rings. The fourth-order valence-electron chi connectivity index (χ4n) is 16.3. The molecule has 16 aromatic rings. The zero-order valence-corrected chi connectivity index (χ0v) is 54.9. The quantitative estimate of drug-likeness (QED) is 0.0842. The van der Waals surface area contributed by atoms with Gasteiger partial charge in [-0.3, -0.25) is 0 Å². The Hall–Kier alpha value is -11.8. The summed E-state index contributed by atoms with van der Waals surface area (Å²) < 4.78 is 2.51. The van der Waals surface area contributed by atoms with Crippen LogP contribution in [0.5, 0.6) is 0 Å². The molecule has 3 nitrogen and oxygen atoms in total. The number of nitrogens with zero attached hydrogens (tertiary/aromatic N) is 3. The number of hydrogen-bond acceptors (Lipinski definition) is 2. The van der Waals surface area contributed by atoms with Crippen LogP contribution < -0.4 is 67.7 Å². The molecule has 0 bridgehead atoms. The van der Waals surface area contributed by atoms with E-state index in [1.807, 2.05) is 0 Å². The summed E-state index contributed by atoms with van der Waals surface area (Å²) >= 11 is 0. The van der Waals surface area contributed by atoms with Crippen molar-refractivity contribution in [1.82, 2.24) is 4.57 Å². The van der Waals surface area contributed by atoms with Crippen LogP contribution in [0.25, 0.3) is 49.7 Å². The first kappa shape index (κ1) is 56.9. The molecule has 1 aromatic heterocycles. The van der Waals surface area contributed by atoms with Crippen LogP contribution in [0.4, 0.5) is 34.1 Å². The van der Waals surface area contributed by atoms with Gasteiger partial charge in [0.1, 0.15) is 0 Å². The largest absolute Gasteiger partial charge is 0.311 e. The molecule has 0 saturated carbocycles. The van der Waals surface area contributed by atoms with Gasteiger partial charge in [0.2, 0.25) is 0 Å². The first-order valence-corrected chi connectivity index (χ1v) is 37.3. The van der Waals surface area contributed by atoms with E-state index in [9.17, 15) is 0 Å². The van der Waals surface area contributed by atoms with Gasteiger partial charge < -0.3 is 14.4 Å². The first-order valence-electron chi connectivity index (χ1n) is 33.3. The Bertz CT molecular complexity index is 4970. The van der Waals surface area contributed by atoms with E-state index in [0.29, 0.717) is 0 Å². The van der Waals surface area contributed by atoms with E-state index in [-0.39, 0.29) is 6.71 Å². The number of para-hydroxylation sites is 2. The lowest BCUT2D eigenvalue weighted by Crippen LogP contribution is -2.74. The topological polar surface area (TPSA) is 11.4 Å². The molecule has 2 aliphatic heterocycles. The van der Waals surface area contributed by atoms with Gasteiger partial charge in [-0.25, -0.2) is 0 Å². The van der Waals surface area contributed by atoms with Crippen molar-refractivity contribution in [3.05, 3.63) is 388 Å². The summed E-state index contributed by atoms with van der Waals surface area (Å²) in [7, 11) is -5.79. The average molecular weight is 1250 g/mol. The minimum atomic E-state index is -2.89. The molecule has 450 valence electrons. The highest BCUT2D eigenvalue weighted by molar-refractivity contribution is 7.20. The molecule has 3 heterocycles. The molecule has 0 N–H and O–H groups in total.